The summed E-state index contributed by atoms with van der Waals surface area (Å²) in [5.41, 5.74) is 2.17. The van der Waals surface area contributed by atoms with Gasteiger partial charge in [-0.2, -0.15) is 0 Å². The molecule has 2 nitrogen and oxygen atoms in total. The lowest BCUT2D eigenvalue weighted by molar-refractivity contribution is 0.548. The van der Waals surface area contributed by atoms with Crippen LogP contribution < -0.4 is 5.32 Å². The summed E-state index contributed by atoms with van der Waals surface area (Å²) in [6, 6.07) is 9.01. The van der Waals surface area contributed by atoms with Gasteiger partial charge in [-0.15, -0.1) is 0 Å². The summed E-state index contributed by atoms with van der Waals surface area (Å²) in [5.74, 6) is -0.380. The molecule has 1 unspecified atom stereocenters. The van der Waals surface area contributed by atoms with Crippen molar-refractivity contribution >= 4 is 11.6 Å². The minimum absolute atomic E-state index is 0.169. The highest BCUT2D eigenvalue weighted by Crippen LogP contribution is 2.21. The molecule has 0 amide bonds. The van der Waals surface area contributed by atoms with Crippen molar-refractivity contribution in [1.82, 2.24) is 10.3 Å². The van der Waals surface area contributed by atoms with E-state index in [-0.39, 0.29) is 16.9 Å². The number of nitrogens with one attached hydrogen (secondary N) is 1. The van der Waals surface area contributed by atoms with E-state index in [2.05, 4.69) is 17.2 Å². The Hall–Kier alpha value is -1.45. The molecular formula is C15H16ClFN2. The van der Waals surface area contributed by atoms with E-state index < -0.39 is 0 Å². The van der Waals surface area contributed by atoms with Crippen molar-refractivity contribution < 1.29 is 4.39 Å². The molecule has 0 fully saturated rings. The molecule has 2 aromatic rings. The van der Waals surface area contributed by atoms with E-state index in [0.29, 0.717) is 0 Å². The van der Waals surface area contributed by atoms with E-state index in [1.165, 1.54) is 6.07 Å². The maximum atomic E-state index is 13.2. The van der Waals surface area contributed by atoms with Crippen LogP contribution in [0.1, 0.15) is 24.1 Å². The Morgan fingerprint density at radius 1 is 1.26 bits per heavy atom. The molecule has 0 saturated heterocycles. The number of nitrogens with zero attached hydrogens (tertiary/aromatic N) is 1. The molecule has 0 bridgehead atoms. The van der Waals surface area contributed by atoms with Gasteiger partial charge in [0.2, 0.25) is 0 Å². The van der Waals surface area contributed by atoms with Gasteiger partial charge in [0.15, 0.2) is 0 Å². The van der Waals surface area contributed by atoms with Gasteiger partial charge < -0.3 is 5.32 Å². The van der Waals surface area contributed by atoms with Gasteiger partial charge in [-0.05, 0) is 48.4 Å². The summed E-state index contributed by atoms with van der Waals surface area (Å²) in [6.07, 6.45) is 4.31. The first-order chi connectivity index (χ1) is 9.20. The minimum atomic E-state index is -0.380. The Balaban J connectivity index is 2.19. The van der Waals surface area contributed by atoms with Crippen LogP contribution in [0.15, 0.2) is 42.7 Å². The number of benzene rings is 1. The quantitative estimate of drug-likeness (QED) is 0.901. The van der Waals surface area contributed by atoms with Gasteiger partial charge in [0.05, 0.1) is 5.02 Å². The van der Waals surface area contributed by atoms with Crippen LogP contribution in [-0.4, -0.2) is 11.5 Å². The zero-order valence-corrected chi connectivity index (χ0v) is 11.5. The molecule has 100 valence electrons. The van der Waals surface area contributed by atoms with E-state index in [9.17, 15) is 4.39 Å². The van der Waals surface area contributed by atoms with Crippen LogP contribution in [0.2, 0.25) is 5.02 Å². The van der Waals surface area contributed by atoms with E-state index in [1.807, 2.05) is 12.1 Å². The van der Waals surface area contributed by atoms with Crippen LogP contribution in [0.3, 0.4) is 0 Å². The maximum Gasteiger partial charge on any atom is 0.141 e. The Kier molecular flexibility index (Phi) is 4.88. The molecular weight excluding hydrogens is 263 g/mol. The van der Waals surface area contributed by atoms with Crippen molar-refractivity contribution in [2.75, 3.05) is 6.54 Å². The molecule has 0 saturated carbocycles. The summed E-state index contributed by atoms with van der Waals surface area (Å²) in [6.45, 7) is 2.92. The van der Waals surface area contributed by atoms with Crippen LogP contribution in [-0.2, 0) is 6.42 Å². The zero-order valence-electron chi connectivity index (χ0n) is 10.7. The minimum Gasteiger partial charge on any atom is -0.310 e. The highest BCUT2D eigenvalue weighted by Gasteiger charge is 2.12. The predicted molar refractivity (Wildman–Crippen MR) is 75.8 cm³/mol. The molecule has 1 aromatic heterocycles. The first kappa shape index (κ1) is 14.0. The van der Waals surface area contributed by atoms with E-state index >= 15 is 0 Å². The van der Waals surface area contributed by atoms with Crippen molar-refractivity contribution in [2.24, 2.45) is 0 Å². The largest absolute Gasteiger partial charge is 0.310 e. The number of aromatic nitrogens is 1. The van der Waals surface area contributed by atoms with E-state index in [1.54, 1.807) is 24.5 Å². The Morgan fingerprint density at radius 3 is 2.63 bits per heavy atom. The predicted octanol–water partition coefficient (Wildman–Crippen LogP) is 3.77. The first-order valence-corrected chi connectivity index (χ1v) is 6.65. The number of hydrogen-bond acceptors (Lipinski definition) is 2. The monoisotopic (exact) mass is 278 g/mol. The lowest BCUT2D eigenvalue weighted by Gasteiger charge is -2.18. The van der Waals surface area contributed by atoms with Gasteiger partial charge in [-0.25, -0.2) is 4.39 Å². The smallest absolute Gasteiger partial charge is 0.141 e. The second kappa shape index (κ2) is 6.64. The van der Waals surface area contributed by atoms with Crippen molar-refractivity contribution in [3.8, 4) is 0 Å². The van der Waals surface area contributed by atoms with Crippen molar-refractivity contribution in [1.29, 1.82) is 0 Å². The average Bonchev–Trinajstić information content (AvgIpc) is 2.43. The number of pyridine rings is 1. The summed E-state index contributed by atoms with van der Waals surface area (Å²) in [7, 11) is 0. The lowest BCUT2D eigenvalue weighted by Crippen LogP contribution is -2.23. The van der Waals surface area contributed by atoms with Crippen molar-refractivity contribution in [3.05, 3.63) is 64.7 Å². The molecule has 1 N–H and O–H groups in total. The fourth-order valence-corrected chi connectivity index (χ4v) is 2.26. The third-order valence-corrected chi connectivity index (χ3v) is 3.27. The zero-order chi connectivity index (χ0) is 13.7. The molecule has 1 heterocycles. The third kappa shape index (κ3) is 3.75. The number of rotatable bonds is 5. The SMILES string of the molecule is CCNC(Cc1ccc(F)c(Cl)c1)c1ccncc1. The lowest BCUT2D eigenvalue weighted by atomic mass is 9.99. The summed E-state index contributed by atoms with van der Waals surface area (Å²) < 4.78 is 13.2. The molecule has 0 aliphatic heterocycles. The molecule has 1 aromatic carbocycles. The van der Waals surface area contributed by atoms with Crippen LogP contribution >= 0.6 is 11.6 Å². The van der Waals surface area contributed by atoms with E-state index in [0.717, 1.165) is 24.1 Å². The van der Waals surface area contributed by atoms with Gasteiger partial charge >= 0.3 is 0 Å². The fourth-order valence-electron chi connectivity index (χ4n) is 2.05. The standard InChI is InChI=1S/C15H16ClFN2/c1-2-19-15(12-5-7-18-8-6-12)10-11-3-4-14(17)13(16)9-11/h3-9,15,19H,2,10H2,1H3. The molecule has 0 spiro atoms. The molecule has 19 heavy (non-hydrogen) atoms. The van der Waals surface area contributed by atoms with E-state index in [4.69, 9.17) is 11.6 Å². The molecule has 0 aliphatic rings. The van der Waals surface area contributed by atoms with Gasteiger partial charge in [-0.1, -0.05) is 24.6 Å². The number of hydrogen-bond donors (Lipinski definition) is 1. The first-order valence-electron chi connectivity index (χ1n) is 6.28. The van der Waals surface area contributed by atoms with Crippen molar-refractivity contribution in [2.45, 2.75) is 19.4 Å². The number of halogens is 2. The highest BCUT2D eigenvalue weighted by molar-refractivity contribution is 6.30. The molecule has 2 rings (SSSR count). The Morgan fingerprint density at radius 2 is 2.00 bits per heavy atom. The average molecular weight is 279 g/mol. The summed E-state index contributed by atoms with van der Waals surface area (Å²) in [4.78, 5) is 4.02. The highest BCUT2D eigenvalue weighted by atomic mass is 35.5. The summed E-state index contributed by atoms with van der Waals surface area (Å²) in [5, 5.41) is 3.59. The Labute approximate surface area is 117 Å². The Bertz CT molecular complexity index is 531. The van der Waals surface area contributed by atoms with Gasteiger partial charge in [0, 0.05) is 18.4 Å². The topological polar surface area (TPSA) is 24.9 Å². The third-order valence-electron chi connectivity index (χ3n) is 2.98. The summed E-state index contributed by atoms with van der Waals surface area (Å²) >= 11 is 5.81. The van der Waals surface area contributed by atoms with Crippen molar-refractivity contribution in [3.63, 3.8) is 0 Å². The molecule has 0 aliphatic carbocycles. The number of likely N-dealkylation sites (N-methyl/N-ethyl adjacent to an activating group) is 1. The van der Waals surface area contributed by atoms with Crippen LogP contribution in [0.25, 0.3) is 0 Å². The van der Waals surface area contributed by atoms with Gasteiger partial charge in [0.25, 0.3) is 0 Å². The van der Waals surface area contributed by atoms with Gasteiger partial charge in [-0.3, -0.25) is 4.98 Å². The fraction of sp³-hybridized carbons (Fsp3) is 0.267. The maximum absolute atomic E-state index is 13.2. The van der Waals surface area contributed by atoms with Crippen LogP contribution in [0, 0.1) is 5.82 Å². The van der Waals surface area contributed by atoms with Gasteiger partial charge in [0.1, 0.15) is 5.82 Å². The molecule has 4 heteroatoms. The normalized spacial score (nSPS) is 12.4. The van der Waals surface area contributed by atoms with Crippen LogP contribution in [0.4, 0.5) is 4.39 Å². The molecule has 0 radical (unpaired) electrons. The second-order valence-corrected chi connectivity index (χ2v) is 4.75. The second-order valence-electron chi connectivity index (χ2n) is 4.34. The van der Waals surface area contributed by atoms with Crippen LogP contribution in [0.5, 0.6) is 0 Å². The molecule has 1 atom stereocenters.